The van der Waals surface area contributed by atoms with Gasteiger partial charge in [-0.25, -0.2) is 0 Å². The minimum absolute atomic E-state index is 0.643. The Morgan fingerprint density at radius 3 is 2.28 bits per heavy atom. The van der Waals surface area contributed by atoms with Crippen molar-refractivity contribution in [2.24, 2.45) is 5.41 Å². The summed E-state index contributed by atoms with van der Waals surface area (Å²) in [5.41, 5.74) is 3.40. The molecule has 2 heteroatoms. The molecule has 0 aromatic heterocycles. The molecule has 2 nitrogen and oxygen atoms in total. The fourth-order valence-corrected chi connectivity index (χ4v) is 2.07. The highest BCUT2D eigenvalue weighted by molar-refractivity contribution is 5.73. The summed E-state index contributed by atoms with van der Waals surface area (Å²) in [5, 5.41) is 9.10. The van der Waals surface area contributed by atoms with Crippen molar-refractivity contribution in [2.75, 3.05) is 0 Å². The second-order valence-electron chi connectivity index (χ2n) is 5.50. The number of rotatable bonds is 6. The molecular weight excluding hydrogens is 224 g/mol. The molecule has 0 aliphatic rings. The summed E-state index contributed by atoms with van der Waals surface area (Å²) in [6.45, 7) is 7.91. The highest BCUT2D eigenvalue weighted by Crippen LogP contribution is 2.24. The number of aryl methyl sites for hydroxylation is 3. The van der Waals surface area contributed by atoms with Crippen molar-refractivity contribution in [3.8, 4) is 0 Å². The molecule has 0 aliphatic heterocycles. The zero-order chi connectivity index (χ0) is 13.8. The Balaban J connectivity index is 2.77. The molecule has 0 saturated carbocycles. The lowest BCUT2D eigenvalue weighted by molar-refractivity contribution is -0.147. The molecule has 1 aromatic rings. The lowest BCUT2D eigenvalue weighted by Gasteiger charge is -2.19. The van der Waals surface area contributed by atoms with Gasteiger partial charge in [0.15, 0.2) is 0 Å². The second-order valence-corrected chi connectivity index (χ2v) is 5.50. The number of benzene rings is 1. The summed E-state index contributed by atoms with van der Waals surface area (Å²) < 4.78 is 0. The fourth-order valence-electron chi connectivity index (χ4n) is 2.07. The van der Waals surface area contributed by atoms with Gasteiger partial charge in [0.05, 0.1) is 5.41 Å². The van der Waals surface area contributed by atoms with Crippen molar-refractivity contribution in [1.82, 2.24) is 0 Å². The molecular formula is C16H24O2. The standard InChI is InChI=1S/C16H24O2/c1-5-13-8-7-12(11-14(13)6-2)9-10-16(3,4)15(17)18/h7-8,11H,5-6,9-10H2,1-4H3,(H,17,18). The third-order valence-electron chi connectivity index (χ3n) is 3.65. The molecule has 1 N–H and O–H groups in total. The van der Waals surface area contributed by atoms with Crippen molar-refractivity contribution in [1.29, 1.82) is 0 Å². The van der Waals surface area contributed by atoms with Crippen molar-refractivity contribution in [3.05, 3.63) is 34.9 Å². The van der Waals surface area contributed by atoms with Crippen molar-refractivity contribution < 1.29 is 9.90 Å². The van der Waals surface area contributed by atoms with Crippen LogP contribution in [0.1, 0.15) is 50.8 Å². The highest BCUT2D eigenvalue weighted by Gasteiger charge is 2.26. The van der Waals surface area contributed by atoms with E-state index in [-0.39, 0.29) is 0 Å². The lowest BCUT2D eigenvalue weighted by Crippen LogP contribution is -2.24. The van der Waals surface area contributed by atoms with Gasteiger partial charge in [-0.2, -0.15) is 0 Å². The molecule has 0 saturated heterocycles. The van der Waals surface area contributed by atoms with E-state index in [1.54, 1.807) is 13.8 Å². The smallest absolute Gasteiger partial charge is 0.309 e. The van der Waals surface area contributed by atoms with E-state index in [2.05, 4.69) is 32.0 Å². The predicted octanol–water partition coefficient (Wildman–Crippen LogP) is 3.85. The monoisotopic (exact) mass is 248 g/mol. The molecule has 0 fully saturated rings. The Labute approximate surface area is 110 Å². The Bertz CT molecular complexity index is 419. The number of carbonyl (C=O) groups is 1. The van der Waals surface area contributed by atoms with Crippen LogP contribution in [-0.2, 0) is 24.1 Å². The van der Waals surface area contributed by atoms with Gasteiger partial charge in [0.25, 0.3) is 0 Å². The van der Waals surface area contributed by atoms with E-state index in [1.165, 1.54) is 16.7 Å². The summed E-state index contributed by atoms with van der Waals surface area (Å²) in [4.78, 5) is 11.1. The quantitative estimate of drug-likeness (QED) is 0.830. The first kappa shape index (κ1) is 14.7. The summed E-state index contributed by atoms with van der Waals surface area (Å²) in [7, 11) is 0. The number of carboxylic acid groups (broad SMARTS) is 1. The number of hydrogen-bond donors (Lipinski definition) is 1. The summed E-state index contributed by atoms with van der Waals surface area (Å²) in [5.74, 6) is -0.719. The summed E-state index contributed by atoms with van der Waals surface area (Å²) >= 11 is 0. The minimum Gasteiger partial charge on any atom is -0.481 e. The first-order valence-corrected chi connectivity index (χ1v) is 6.74. The molecule has 0 aliphatic carbocycles. The van der Waals surface area contributed by atoms with E-state index < -0.39 is 11.4 Å². The van der Waals surface area contributed by atoms with E-state index in [9.17, 15) is 4.79 Å². The van der Waals surface area contributed by atoms with E-state index in [0.717, 1.165) is 19.3 Å². The highest BCUT2D eigenvalue weighted by atomic mass is 16.4. The minimum atomic E-state index is -0.719. The van der Waals surface area contributed by atoms with Crippen LogP contribution in [0.5, 0.6) is 0 Å². The van der Waals surface area contributed by atoms with Gasteiger partial charge in [0.1, 0.15) is 0 Å². The van der Waals surface area contributed by atoms with Crippen LogP contribution in [0.2, 0.25) is 0 Å². The largest absolute Gasteiger partial charge is 0.481 e. The van der Waals surface area contributed by atoms with Crippen LogP contribution in [0.3, 0.4) is 0 Å². The fraction of sp³-hybridized carbons (Fsp3) is 0.562. The second kappa shape index (κ2) is 6.03. The normalized spacial score (nSPS) is 11.6. The maximum Gasteiger partial charge on any atom is 0.309 e. The van der Waals surface area contributed by atoms with E-state index in [4.69, 9.17) is 5.11 Å². The molecule has 0 heterocycles. The number of hydrogen-bond acceptors (Lipinski definition) is 1. The molecule has 1 aromatic carbocycles. The van der Waals surface area contributed by atoms with Crippen molar-refractivity contribution in [2.45, 2.75) is 53.4 Å². The molecule has 0 bridgehead atoms. The maximum atomic E-state index is 11.1. The van der Waals surface area contributed by atoms with Gasteiger partial charge >= 0.3 is 5.97 Å². The van der Waals surface area contributed by atoms with Gasteiger partial charge in [0, 0.05) is 0 Å². The van der Waals surface area contributed by atoms with Crippen molar-refractivity contribution >= 4 is 5.97 Å². The van der Waals surface area contributed by atoms with E-state index in [0.29, 0.717) is 6.42 Å². The van der Waals surface area contributed by atoms with Crippen LogP contribution in [0, 0.1) is 5.41 Å². The molecule has 0 atom stereocenters. The molecule has 0 radical (unpaired) electrons. The average Bonchev–Trinajstić information content (AvgIpc) is 2.35. The topological polar surface area (TPSA) is 37.3 Å². The van der Waals surface area contributed by atoms with Crippen molar-refractivity contribution in [3.63, 3.8) is 0 Å². The third-order valence-corrected chi connectivity index (χ3v) is 3.65. The predicted molar refractivity (Wildman–Crippen MR) is 74.9 cm³/mol. The zero-order valence-corrected chi connectivity index (χ0v) is 11.9. The SMILES string of the molecule is CCc1ccc(CCC(C)(C)C(=O)O)cc1CC. The van der Waals surface area contributed by atoms with Crippen LogP contribution in [-0.4, -0.2) is 11.1 Å². The third kappa shape index (κ3) is 3.59. The maximum absolute atomic E-state index is 11.1. The lowest BCUT2D eigenvalue weighted by atomic mass is 9.86. The molecule has 100 valence electrons. The van der Waals surface area contributed by atoms with Crippen LogP contribution in [0.4, 0.5) is 0 Å². The van der Waals surface area contributed by atoms with Crippen LogP contribution in [0.15, 0.2) is 18.2 Å². The Morgan fingerprint density at radius 2 is 1.78 bits per heavy atom. The van der Waals surface area contributed by atoms with Gasteiger partial charge in [-0.1, -0.05) is 32.0 Å². The van der Waals surface area contributed by atoms with Gasteiger partial charge < -0.3 is 5.11 Å². The van der Waals surface area contributed by atoms with Gasteiger partial charge in [-0.3, -0.25) is 4.79 Å². The Hall–Kier alpha value is -1.31. The number of carboxylic acids is 1. The molecule has 0 unspecified atom stereocenters. The first-order chi connectivity index (χ1) is 8.40. The molecule has 0 amide bonds. The van der Waals surface area contributed by atoms with Gasteiger partial charge in [0.2, 0.25) is 0 Å². The van der Waals surface area contributed by atoms with Gasteiger partial charge in [-0.15, -0.1) is 0 Å². The Morgan fingerprint density at radius 1 is 1.17 bits per heavy atom. The molecule has 18 heavy (non-hydrogen) atoms. The average molecular weight is 248 g/mol. The van der Waals surface area contributed by atoms with Crippen LogP contribution >= 0.6 is 0 Å². The number of aliphatic carboxylic acids is 1. The molecule has 0 spiro atoms. The zero-order valence-electron chi connectivity index (χ0n) is 11.9. The Kier molecular flexibility index (Phi) is 4.94. The van der Waals surface area contributed by atoms with Crippen LogP contribution < -0.4 is 0 Å². The summed E-state index contributed by atoms with van der Waals surface area (Å²) in [6, 6.07) is 6.55. The van der Waals surface area contributed by atoms with Crippen LogP contribution in [0.25, 0.3) is 0 Å². The first-order valence-electron chi connectivity index (χ1n) is 6.74. The molecule has 1 rings (SSSR count). The van der Waals surface area contributed by atoms with E-state index in [1.807, 2.05) is 0 Å². The van der Waals surface area contributed by atoms with E-state index >= 15 is 0 Å². The van der Waals surface area contributed by atoms with Gasteiger partial charge in [-0.05, 0) is 56.2 Å². The summed E-state index contributed by atoms with van der Waals surface area (Å²) in [6.07, 6.45) is 3.61.